The zero-order valence-electron chi connectivity index (χ0n) is 8.11. The Morgan fingerprint density at radius 1 is 1.20 bits per heavy atom. The van der Waals surface area contributed by atoms with E-state index >= 15 is 0 Å². The zero-order valence-corrected chi connectivity index (χ0v) is 8.11. The van der Waals surface area contributed by atoms with Gasteiger partial charge in [0.15, 0.2) is 5.76 Å². The molecule has 0 saturated carbocycles. The molecule has 1 aromatic rings. The number of hydrogen-bond donors (Lipinski definition) is 1. The van der Waals surface area contributed by atoms with Crippen LogP contribution in [0.2, 0.25) is 0 Å². The molecule has 0 atom stereocenters. The van der Waals surface area contributed by atoms with E-state index in [1.165, 1.54) is 6.08 Å². The van der Waals surface area contributed by atoms with E-state index in [9.17, 15) is 9.59 Å². The highest BCUT2D eigenvalue weighted by Gasteiger charge is 2.25. The number of alkyl carbamates (subject to hydrolysis) is 1. The van der Waals surface area contributed by atoms with E-state index < -0.39 is 12.0 Å². The Morgan fingerprint density at radius 3 is 2.40 bits per heavy atom. The number of nitrogens with one attached hydrogen (secondary N) is 1. The van der Waals surface area contributed by atoms with Crippen molar-refractivity contribution in [1.29, 1.82) is 0 Å². The highest BCUT2D eigenvalue weighted by molar-refractivity contribution is 6.09. The smallest absolute Gasteiger partial charge is 0.404 e. The first-order valence-electron chi connectivity index (χ1n) is 4.47. The highest BCUT2D eigenvalue weighted by Crippen LogP contribution is 2.13. The lowest BCUT2D eigenvalue weighted by Gasteiger charge is -1.95. The van der Waals surface area contributed by atoms with Crippen molar-refractivity contribution in [2.75, 3.05) is 0 Å². The van der Waals surface area contributed by atoms with Gasteiger partial charge in [-0.05, 0) is 18.6 Å². The SMILES string of the molecule is Cc1ccc(C=C2OC(=O)NC2=O)cc1. The normalized spacial score (nSPS) is 17.8. The van der Waals surface area contributed by atoms with Gasteiger partial charge in [0, 0.05) is 0 Å². The minimum absolute atomic E-state index is 0.0313. The van der Waals surface area contributed by atoms with E-state index in [-0.39, 0.29) is 5.76 Å². The molecule has 1 fully saturated rings. The Bertz CT molecular complexity index is 445. The van der Waals surface area contributed by atoms with Gasteiger partial charge in [-0.25, -0.2) is 4.79 Å². The number of aryl methyl sites for hydroxylation is 1. The lowest BCUT2D eigenvalue weighted by Crippen LogP contribution is -2.18. The first-order chi connectivity index (χ1) is 7.15. The Balaban J connectivity index is 2.27. The third-order valence-corrected chi connectivity index (χ3v) is 2.02. The van der Waals surface area contributed by atoms with Crippen molar-refractivity contribution in [2.24, 2.45) is 0 Å². The van der Waals surface area contributed by atoms with Crippen LogP contribution in [0.25, 0.3) is 6.08 Å². The first kappa shape index (κ1) is 9.45. The molecular weight excluding hydrogens is 194 g/mol. The van der Waals surface area contributed by atoms with Gasteiger partial charge in [0.1, 0.15) is 0 Å². The van der Waals surface area contributed by atoms with Gasteiger partial charge in [-0.15, -0.1) is 0 Å². The van der Waals surface area contributed by atoms with Crippen molar-refractivity contribution in [1.82, 2.24) is 5.32 Å². The average Bonchev–Trinajstić information content (AvgIpc) is 2.49. The predicted molar refractivity (Wildman–Crippen MR) is 53.8 cm³/mol. The number of benzene rings is 1. The van der Waals surface area contributed by atoms with Crippen molar-refractivity contribution in [2.45, 2.75) is 6.92 Å². The van der Waals surface area contributed by atoms with Crippen molar-refractivity contribution >= 4 is 18.1 Å². The molecule has 0 radical (unpaired) electrons. The van der Waals surface area contributed by atoms with E-state index in [1.807, 2.05) is 36.5 Å². The lowest BCUT2D eigenvalue weighted by atomic mass is 10.1. The van der Waals surface area contributed by atoms with Crippen LogP contribution in [0, 0.1) is 6.92 Å². The van der Waals surface area contributed by atoms with E-state index in [4.69, 9.17) is 0 Å². The summed E-state index contributed by atoms with van der Waals surface area (Å²) in [6.07, 6.45) is 0.804. The molecule has 4 heteroatoms. The summed E-state index contributed by atoms with van der Waals surface area (Å²) in [5, 5.41) is 2.03. The monoisotopic (exact) mass is 203 g/mol. The Morgan fingerprint density at radius 2 is 1.87 bits per heavy atom. The zero-order chi connectivity index (χ0) is 10.8. The molecule has 0 spiro atoms. The molecular formula is C11H9NO3. The molecule has 1 N–H and O–H groups in total. The Kier molecular flexibility index (Phi) is 2.25. The van der Waals surface area contributed by atoms with Crippen molar-refractivity contribution < 1.29 is 14.3 Å². The van der Waals surface area contributed by atoms with Crippen LogP contribution in [0.1, 0.15) is 11.1 Å². The molecule has 76 valence electrons. The van der Waals surface area contributed by atoms with Gasteiger partial charge in [0.2, 0.25) is 0 Å². The van der Waals surface area contributed by atoms with Gasteiger partial charge in [-0.2, -0.15) is 0 Å². The fraction of sp³-hybridized carbons (Fsp3) is 0.0909. The van der Waals surface area contributed by atoms with Gasteiger partial charge in [0.25, 0.3) is 5.91 Å². The molecule has 0 aliphatic carbocycles. The van der Waals surface area contributed by atoms with E-state index in [0.717, 1.165) is 11.1 Å². The summed E-state index contributed by atoms with van der Waals surface area (Å²) < 4.78 is 4.67. The summed E-state index contributed by atoms with van der Waals surface area (Å²) in [7, 11) is 0. The molecule has 1 heterocycles. The van der Waals surface area contributed by atoms with Crippen LogP contribution in [0.4, 0.5) is 4.79 Å². The molecule has 0 unspecified atom stereocenters. The maximum absolute atomic E-state index is 11.1. The van der Waals surface area contributed by atoms with Crippen molar-refractivity contribution in [3.63, 3.8) is 0 Å². The fourth-order valence-electron chi connectivity index (χ4n) is 1.24. The summed E-state index contributed by atoms with van der Waals surface area (Å²) in [6.45, 7) is 1.97. The number of amides is 2. The minimum Gasteiger partial charge on any atom is -0.404 e. The molecule has 0 aromatic heterocycles. The Labute approximate surface area is 86.5 Å². The third-order valence-electron chi connectivity index (χ3n) is 2.02. The van der Waals surface area contributed by atoms with Gasteiger partial charge in [-0.3, -0.25) is 10.1 Å². The van der Waals surface area contributed by atoms with Gasteiger partial charge >= 0.3 is 6.09 Å². The van der Waals surface area contributed by atoms with E-state index in [1.54, 1.807) is 0 Å². The number of rotatable bonds is 1. The summed E-state index contributed by atoms with van der Waals surface area (Å²) in [6, 6.07) is 7.53. The second-order valence-electron chi connectivity index (χ2n) is 3.26. The number of carbonyl (C=O) groups is 2. The molecule has 15 heavy (non-hydrogen) atoms. The number of hydrogen-bond acceptors (Lipinski definition) is 3. The van der Waals surface area contributed by atoms with Crippen molar-refractivity contribution in [3.8, 4) is 0 Å². The second kappa shape index (κ2) is 3.57. The summed E-state index contributed by atoms with van der Waals surface area (Å²) in [4.78, 5) is 21.8. The lowest BCUT2D eigenvalue weighted by molar-refractivity contribution is -0.116. The van der Waals surface area contributed by atoms with Crippen LogP contribution in [0.3, 0.4) is 0 Å². The number of carbonyl (C=O) groups excluding carboxylic acids is 2. The fourth-order valence-corrected chi connectivity index (χ4v) is 1.24. The van der Waals surface area contributed by atoms with E-state index in [2.05, 4.69) is 4.74 Å². The molecule has 1 aliphatic rings. The maximum Gasteiger partial charge on any atom is 0.419 e. The molecule has 2 rings (SSSR count). The number of ether oxygens (including phenoxy) is 1. The summed E-state index contributed by atoms with van der Waals surface area (Å²) >= 11 is 0. The van der Waals surface area contributed by atoms with Gasteiger partial charge in [-0.1, -0.05) is 29.8 Å². The molecule has 4 nitrogen and oxygen atoms in total. The standard InChI is InChI=1S/C11H9NO3/c1-7-2-4-8(5-3-7)6-9-10(13)12-11(14)15-9/h2-6H,1H3,(H,12,13,14). The maximum atomic E-state index is 11.1. The van der Waals surface area contributed by atoms with Crippen LogP contribution in [-0.2, 0) is 9.53 Å². The number of imide groups is 1. The van der Waals surface area contributed by atoms with Crippen LogP contribution >= 0.6 is 0 Å². The van der Waals surface area contributed by atoms with Crippen LogP contribution in [0.5, 0.6) is 0 Å². The van der Waals surface area contributed by atoms with Gasteiger partial charge < -0.3 is 4.74 Å². The third kappa shape index (κ3) is 2.04. The second-order valence-corrected chi connectivity index (χ2v) is 3.26. The number of cyclic esters (lactones) is 1. The van der Waals surface area contributed by atoms with Crippen molar-refractivity contribution in [3.05, 3.63) is 41.2 Å². The molecule has 1 saturated heterocycles. The molecule has 2 amide bonds. The molecule has 0 bridgehead atoms. The van der Waals surface area contributed by atoms with Crippen LogP contribution in [-0.4, -0.2) is 12.0 Å². The largest absolute Gasteiger partial charge is 0.419 e. The molecule has 1 aromatic carbocycles. The van der Waals surface area contributed by atoms with E-state index in [0.29, 0.717) is 0 Å². The first-order valence-corrected chi connectivity index (χ1v) is 4.47. The Hall–Kier alpha value is -2.10. The molecule has 1 aliphatic heterocycles. The van der Waals surface area contributed by atoms with Gasteiger partial charge in [0.05, 0.1) is 0 Å². The topological polar surface area (TPSA) is 55.4 Å². The predicted octanol–water partition coefficient (Wildman–Crippen LogP) is 1.60. The summed E-state index contributed by atoms with van der Waals surface area (Å²) in [5.74, 6) is -0.468. The quantitative estimate of drug-likeness (QED) is 0.705. The average molecular weight is 203 g/mol. The highest BCUT2D eigenvalue weighted by atomic mass is 16.6. The van der Waals surface area contributed by atoms with Crippen LogP contribution < -0.4 is 5.32 Å². The minimum atomic E-state index is -0.724. The van der Waals surface area contributed by atoms with Crippen LogP contribution in [0.15, 0.2) is 30.0 Å². The summed E-state index contributed by atoms with van der Waals surface area (Å²) in [5.41, 5.74) is 1.95.